The molecule has 0 amide bonds. The Morgan fingerprint density at radius 3 is 2.38 bits per heavy atom. The lowest BCUT2D eigenvalue weighted by Gasteiger charge is -2.55. The van der Waals surface area contributed by atoms with Crippen molar-refractivity contribution in [2.45, 2.75) is 47.0 Å². The van der Waals surface area contributed by atoms with Gasteiger partial charge in [0, 0.05) is 11.3 Å². The summed E-state index contributed by atoms with van der Waals surface area (Å²) in [4.78, 5) is 12.0. The third kappa shape index (κ3) is 1.09. The summed E-state index contributed by atoms with van der Waals surface area (Å²) in [5, 5.41) is 0. The van der Waals surface area contributed by atoms with E-state index in [1.54, 1.807) is 0 Å². The van der Waals surface area contributed by atoms with E-state index in [9.17, 15) is 4.79 Å². The molecule has 3 fully saturated rings. The number of hydrogen-bond acceptors (Lipinski definition) is 1. The third-order valence-corrected chi connectivity index (χ3v) is 4.47. The van der Waals surface area contributed by atoms with Crippen LogP contribution in [0.1, 0.15) is 47.0 Å². The Labute approximate surface area is 80.9 Å². The molecule has 0 aromatic carbocycles. The van der Waals surface area contributed by atoms with Gasteiger partial charge in [0.15, 0.2) is 0 Å². The lowest BCUT2D eigenvalue weighted by molar-refractivity contribution is -0.154. The first-order chi connectivity index (χ1) is 5.87. The average molecular weight is 180 g/mol. The van der Waals surface area contributed by atoms with Gasteiger partial charge in [0.2, 0.25) is 0 Å². The van der Waals surface area contributed by atoms with Gasteiger partial charge in [-0.25, -0.2) is 0 Å². The van der Waals surface area contributed by atoms with Gasteiger partial charge in [0.1, 0.15) is 5.78 Å². The first-order valence-electron chi connectivity index (χ1n) is 5.41. The van der Waals surface area contributed by atoms with Gasteiger partial charge in [-0.15, -0.1) is 0 Å². The number of carbonyl (C=O) groups excluding carboxylic acids is 1. The Kier molecular flexibility index (Phi) is 1.68. The highest BCUT2D eigenvalue weighted by Gasteiger charge is 2.55. The molecule has 3 unspecified atom stereocenters. The highest BCUT2D eigenvalue weighted by molar-refractivity contribution is 5.88. The van der Waals surface area contributed by atoms with Gasteiger partial charge >= 0.3 is 0 Å². The van der Waals surface area contributed by atoms with Crippen LogP contribution in [0.15, 0.2) is 0 Å². The number of fused-ring (bicyclic) bond motifs is 3. The van der Waals surface area contributed by atoms with Crippen LogP contribution < -0.4 is 0 Å². The van der Waals surface area contributed by atoms with Gasteiger partial charge in [0.05, 0.1) is 0 Å². The van der Waals surface area contributed by atoms with E-state index in [2.05, 4.69) is 27.7 Å². The van der Waals surface area contributed by atoms with Crippen LogP contribution in [0.4, 0.5) is 0 Å². The van der Waals surface area contributed by atoms with Crippen LogP contribution >= 0.6 is 0 Å². The van der Waals surface area contributed by atoms with Crippen molar-refractivity contribution >= 4 is 5.78 Å². The molecule has 0 aromatic heterocycles. The smallest absolute Gasteiger partial charge is 0.141 e. The van der Waals surface area contributed by atoms with E-state index in [0.29, 0.717) is 23.0 Å². The van der Waals surface area contributed by atoms with Gasteiger partial charge in [-0.3, -0.25) is 4.79 Å². The van der Waals surface area contributed by atoms with Crippen molar-refractivity contribution in [1.82, 2.24) is 0 Å². The fourth-order valence-corrected chi connectivity index (χ4v) is 3.96. The Balaban J connectivity index is 2.39. The Hall–Kier alpha value is -0.330. The molecule has 3 atom stereocenters. The van der Waals surface area contributed by atoms with Crippen LogP contribution in [-0.2, 0) is 4.79 Å². The lowest BCUT2D eigenvalue weighted by Crippen LogP contribution is -2.54. The number of ketones is 1. The number of Topliss-reactive ketones (excluding diaryl/α,β-unsaturated/α-hetero) is 1. The van der Waals surface area contributed by atoms with Crippen molar-refractivity contribution in [2.75, 3.05) is 0 Å². The highest BCUT2D eigenvalue weighted by Crippen LogP contribution is 2.58. The molecule has 3 saturated carbocycles. The van der Waals surface area contributed by atoms with Crippen molar-refractivity contribution in [3.8, 4) is 0 Å². The highest BCUT2D eigenvalue weighted by atomic mass is 16.1. The maximum absolute atomic E-state index is 12.0. The molecule has 0 saturated heterocycles. The zero-order valence-corrected chi connectivity index (χ0v) is 9.18. The summed E-state index contributed by atoms with van der Waals surface area (Å²) in [6, 6.07) is 0. The first kappa shape index (κ1) is 9.23. The van der Waals surface area contributed by atoms with Crippen LogP contribution in [0.3, 0.4) is 0 Å². The number of carbonyl (C=O) groups is 1. The van der Waals surface area contributed by atoms with Crippen molar-refractivity contribution in [3.63, 3.8) is 0 Å². The fraction of sp³-hybridized carbons (Fsp3) is 0.917. The standard InChI is InChI=1S/C12H20O/c1-8-9-5-6-12(4,10(8)13)7-11(9,2)3/h8-9H,5-7H2,1-4H3. The maximum atomic E-state index is 12.0. The van der Waals surface area contributed by atoms with E-state index in [1.165, 1.54) is 6.42 Å². The summed E-state index contributed by atoms with van der Waals surface area (Å²) in [6.07, 6.45) is 3.49. The second kappa shape index (κ2) is 2.37. The molecule has 74 valence electrons. The molecule has 1 nitrogen and oxygen atoms in total. The second-order valence-corrected chi connectivity index (χ2v) is 6.02. The summed E-state index contributed by atoms with van der Waals surface area (Å²) in [7, 11) is 0. The minimum absolute atomic E-state index is 0.0116. The molecule has 2 bridgehead atoms. The van der Waals surface area contributed by atoms with Crippen molar-refractivity contribution in [2.24, 2.45) is 22.7 Å². The molecule has 3 aliphatic carbocycles. The quantitative estimate of drug-likeness (QED) is 0.560. The number of rotatable bonds is 0. The summed E-state index contributed by atoms with van der Waals surface area (Å²) in [5.74, 6) is 1.48. The molecule has 3 aliphatic rings. The zero-order chi connectivity index (χ0) is 9.85. The Morgan fingerprint density at radius 1 is 1.31 bits per heavy atom. The Morgan fingerprint density at radius 2 is 1.92 bits per heavy atom. The molecule has 13 heavy (non-hydrogen) atoms. The maximum Gasteiger partial charge on any atom is 0.141 e. The van der Waals surface area contributed by atoms with Gasteiger partial charge in [-0.1, -0.05) is 27.7 Å². The van der Waals surface area contributed by atoms with Crippen LogP contribution in [-0.4, -0.2) is 5.78 Å². The van der Waals surface area contributed by atoms with E-state index in [1.807, 2.05) is 0 Å². The largest absolute Gasteiger partial charge is 0.299 e. The molecule has 0 radical (unpaired) electrons. The molecule has 0 aliphatic heterocycles. The van der Waals surface area contributed by atoms with E-state index in [0.717, 1.165) is 12.8 Å². The molecule has 0 N–H and O–H groups in total. The van der Waals surface area contributed by atoms with Crippen LogP contribution in [0.2, 0.25) is 0 Å². The lowest BCUT2D eigenvalue weighted by atomic mass is 9.48. The summed E-state index contributed by atoms with van der Waals surface area (Å²) >= 11 is 0. The molecule has 3 rings (SSSR count). The molecule has 0 aromatic rings. The summed E-state index contributed by atoms with van der Waals surface area (Å²) < 4.78 is 0. The first-order valence-corrected chi connectivity index (χ1v) is 5.41. The van der Waals surface area contributed by atoms with Gasteiger partial charge in [-0.05, 0) is 30.6 Å². The van der Waals surface area contributed by atoms with Gasteiger partial charge in [-0.2, -0.15) is 0 Å². The molecule has 1 heteroatoms. The van der Waals surface area contributed by atoms with Crippen molar-refractivity contribution in [1.29, 1.82) is 0 Å². The predicted octanol–water partition coefficient (Wildman–Crippen LogP) is 3.04. The van der Waals surface area contributed by atoms with E-state index in [4.69, 9.17) is 0 Å². The average Bonchev–Trinajstić information content (AvgIpc) is 1.97. The normalized spacial score (nSPS) is 48.2. The molecule has 0 spiro atoms. The topological polar surface area (TPSA) is 17.1 Å². The summed E-state index contributed by atoms with van der Waals surface area (Å²) in [5.41, 5.74) is 0.401. The minimum atomic E-state index is 0.0116. The van der Waals surface area contributed by atoms with E-state index in [-0.39, 0.29) is 5.41 Å². The molecular weight excluding hydrogens is 160 g/mol. The van der Waals surface area contributed by atoms with Gasteiger partial charge in [0.25, 0.3) is 0 Å². The Bertz CT molecular complexity index is 254. The van der Waals surface area contributed by atoms with Crippen LogP contribution in [0.5, 0.6) is 0 Å². The molecule has 0 heterocycles. The zero-order valence-electron chi connectivity index (χ0n) is 9.18. The van der Waals surface area contributed by atoms with Crippen LogP contribution in [0.25, 0.3) is 0 Å². The predicted molar refractivity (Wildman–Crippen MR) is 53.4 cm³/mol. The van der Waals surface area contributed by atoms with E-state index >= 15 is 0 Å². The summed E-state index contributed by atoms with van der Waals surface area (Å²) in [6.45, 7) is 8.96. The van der Waals surface area contributed by atoms with E-state index < -0.39 is 0 Å². The van der Waals surface area contributed by atoms with Crippen molar-refractivity contribution in [3.05, 3.63) is 0 Å². The third-order valence-electron chi connectivity index (χ3n) is 4.47. The van der Waals surface area contributed by atoms with Crippen molar-refractivity contribution < 1.29 is 4.79 Å². The SMILES string of the molecule is CC1C(=O)C2(C)CCC1C(C)(C)C2. The minimum Gasteiger partial charge on any atom is -0.299 e. The van der Waals surface area contributed by atoms with Gasteiger partial charge < -0.3 is 0 Å². The number of hydrogen-bond donors (Lipinski definition) is 0. The second-order valence-electron chi connectivity index (χ2n) is 6.02. The van der Waals surface area contributed by atoms with Crippen LogP contribution in [0, 0.1) is 22.7 Å². The monoisotopic (exact) mass is 180 g/mol. The molecular formula is C12H20O. The fourth-order valence-electron chi connectivity index (χ4n) is 3.96.